The molecular weight excluding hydrogens is 382 g/mol. The van der Waals surface area contributed by atoms with Gasteiger partial charge in [-0.2, -0.15) is 5.26 Å². The minimum absolute atomic E-state index is 0.0723. The zero-order valence-electron chi connectivity index (χ0n) is 16.8. The van der Waals surface area contributed by atoms with Gasteiger partial charge in [0.05, 0.1) is 13.2 Å². The first-order valence-corrected chi connectivity index (χ1v) is 9.63. The van der Waals surface area contributed by atoms with Crippen molar-refractivity contribution in [3.05, 3.63) is 65.2 Å². The molecule has 3 rings (SSSR count). The number of nitrogens with zero attached hydrogens (tertiary/aromatic N) is 2. The number of aryl methyl sites for hydroxylation is 1. The Hall–Kier alpha value is -3.63. The molecule has 7 heteroatoms. The van der Waals surface area contributed by atoms with Gasteiger partial charge in [0, 0.05) is 18.8 Å². The first-order chi connectivity index (χ1) is 14.5. The fourth-order valence-electron chi connectivity index (χ4n) is 2.97. The van der Waals surface area contributed by atoms with Crippen molar-refractivity contribution in [2.45, 2.75) is 6.92 Å². The van der Waals surface area contributed by atoms with Gasteiger partial charge in [-0.25, -0.2) is 0 Å². The summed E-state index contributed by atoms with van der Waals surface area (Å²) in [5.74, 6) is -0.0362. The highest BCUT2D eigenvalue weighted by Crippen LogP contribution is 2.16. The van der Waals surface area contributed by atoms with Crippen molar-refractivity contribution in [2.24, 2.45) is 0 Å². The molecule has 1 fully saturated rings. The molecule has 7 nitrogen and oxygen atoms in total. The maximum atomic E-state index is 12.5. The molecule has 30 heavy (non-hydrogen) atoms. The van der Waals surface area contributed by atoms with Crippen molar-refractivity contribution in [1.82, 2.24) is 4.90 Å². The van der Waals surface area contributed by atoms with E-state index >= 15 is 0 Å². The Labute approximate surface area is 175 Å². The molecule has 2 aromatic carbocycles. The lowest BCUT2D eigenvalue weighted by molar-refractivity contribution is -0.130. The standard InChI is InChI=1S/C23H23N3O4/c1-17-3-2-4-20(13-17)25-22(27)16-30-21-7-5-18(6-8-21)14-19(15-24)23(28)26-9-11-29-12-10-26/h2-8,13-14H,9-12,16H2,1H3,(H,25,27). The van der Waals surface area contributed by atoms with Crippen LogP contribution in [0.1, 0.15) is 11.1 Å². The Bertz CT molecular complexity index is 971. The van der Waals surface area contributed by atoms with E-state index in [0.717, 1.165) is 11.3 Å². The lowest BCUT2D eigenvalue weighted by Gasteiger charge is -2.26. The molecule has 0 saturated carbocycles. The average Bonchev–Trinajstić information content (AvgIpc) is 2.77. The maximum Gasteiger partial charge on any atom is 0.264 e. The quantitative estimate of drug-likeness (QED) is 0.589. The van der Waals surface area contributed by atoms with Crippen LogP contribution < -0.4 is 10.1 Å². The van der Waals surface area contributed by atoms with E-state index in [0.29, 0.717) is 37.6 Å². The Balaban J connectivity index is 1.56. The second kappa shape index (κ2) is 10.2. The number of nitrogens with one attached hydrogen (secondary N) is 1. The van der Waals surface area contributed by atoms with E-state index in [1.54, 1.807) is 35.2 Å². The van der Waals surface area contributed by atoms with Gasteiger partial charge in [-0.1, -0.05) is 24.3 Å². The van der Waals surface area contributed by atoms with Gasteiger partial charge in [0.25, 0.3) is 11.8 Å². The van der Waals surface area contributed by atoms with Crippen molar-refractivity contribution in [3.63, 3.8) is 0 Å². The Morgan fingerprint density at radius 1 is 1.20 bits per heavy atom. The van der Waals surface area contributed by atoms with E-state index in [1.807, 2.05) is 37.3 Å². The summed E-state index contributed by atoms with van der Waals surface area (Å²) in [5, 5.41) is 12.1. The Morgan fingerprint density at radius 2 is 1.93 bits per heavy atom. The molecule has 1 heterocycles. The number of amides is 2. The molecular formula is C23H23N3O4. The normalized spacial score (nSPS) is 14.0. The van der Waals surface area contributed by atoms with Crippen LogP contribution in [0.3, 0.4) is 0 Å². The van der Waals surface area contributed by atoms with Gasteiger partial charge >= 0.3 is 0 Å². The highest BCUT2D eigenvalue weighted by Gasteiger charge is 2.20. The van der Waals surface area contributed by atoms with E-state index in [1.165, 1.54) is 0 Å². The smallest absolute Gasteiger partial charge is 0.264 e. The van der Waals surface area contributed by atoms with Crippen molar-refractivity contribution < 1.29 is 19.1 Å². The first-order valence-electron chi connectivity index (χ1n) is 9.63. The van der Waals surface area contributed by atoms with E-state index in [-0.39, 0.29) is 24.0 Å². The molecule has 0 unspecified atom stereocenters. The molecule has 0 radical (unpaired) electrons. The monoisotopic (exact) mass is 405 g/mol. The van der Waals surface area contributed by atoms with Gasteiger partial charge < -0.3 is 19.7 Å². The number of carbonyl (C=O) groups is 2. The zero-order chi connectivity index (χ0) is 21.3. The molecule has 1 aliphatic rings. The van der Waals surface area contributed by atoms with Crippen LogP contribution in [0.4, 0.5) is 5.69 Å². The van der Waals surface area contributed by atoms with E-state index < -0.39 is 0 Å². The molecule has 2 amide bonds. The van der Waals surface area contributed by atoms with Crippen molar-refractivity contribution in [1.29, 1.82) is 5.26 Å². The van der Waals surface area contributed by atoms with E-state index in [2.05, 4.69) is 5.32 Å². The van der Waals surface area contributed by atoms with Gasteiger partial charge in [-0.05, 0) is 48.4 Å². The number of ether oxygens (including phenoxy) is 2. The van der Waals surface area contributed by atoms with Crippen LogP contribution in [0.2, 0.25) is 0 Å². The summed E-state index contributed by atoms with van der Waals surface area (Å²) in [5.41, 5.74) is 2.55. The third kappa shape index (κ3) is 5.93. The number of nitriles is 1. The highest BCUT2D eigenvalue weighted by atomic mass is 16.5. The lowest BCUT2D eigenvalue weighted by atomic mass is 10.1. The third-order valence-corrected chi connectivity index (χ3v) is 4.51. The minimum Gasteiger partial charge on any atom is -0.484 e. The Morgan fingerprint density at radius 3 is 2.60 bits per heavy atom. The topological polar surface area (TPSA) is 91.7 Å². The summed E-state index contributed by atoms with van der Waals surface area (Å²) in [6.45, 7) is 3.75. The van der Waals surface area contributed by atoms with Crippen LogP contribution in [-0.2, 0) is 14.3 Å². The summed E-state index contributed by atoms with van der Waals surface area (Å²) in [6, 6.07) is 16.4. The largest absolute Gasteiger partial charge is 0.484 e. The number of benzene rings is 2. The molecule has 1 saturated heterocycles. The predicted molar refractivity (Wildman–Crippen MR) is 113 cm³/mol. The molecule has 0 aromatic heterocycles. The molecule has 0 bridgehead atoms. The lowest BCUT2D eigenvalue weighted by Crippen LogP contribution is -2.41. The van der Waals surface area contributed by atoms with E-state index in [9.17, 15) is 14.9 Å². The fraction of sp³-hybridized carbons (Fsp3) is 0.261. The molecule has 0 spiro atoms. The van der Waals surface area contributed by atoms with Crippen LogP contribution in [0.15, 0.2) is 54.1 Å². The number of hydrogen-bond acceptors (Lipinski definition) is 5. The number of carbonyl (C=O) groups excluding carboxylic acids is 2. The number of rotatable bonds is 6. The predicted octanol–water partition coefficient (Wildman–Crippen LogP) is 2.78. The third-order valence-electron chi connectivity index (χ3n) is 4.51. The Kier molecular flexibility index (Phi) is 7.19. The van der Waals surface area contributed by atoms with Crippen LogP contribution in [0.25, 0.3) is 6.08 Å². The van der Waals surface area contributed by atoms with Gasteiger partial charge in [0.1, 0.15) is 17.4 Å². The number of morpholine rings is 1. The first kappa shape index (κ1) is 21.1. The van der Waals surface area contributed by atoms with Crippen LogP contribution in [-0.4, -0.2) is 49.6 Å². The molecule has 2 aromatic rings. The number of anilines is 1. The molecule has 0 atom stereocenters. The van der Waals surface area contributed by atoms with Crippen LogP contribution >= 0.6 is 0 Å². The van der Waals surface area contributed by atoms with Gasteiger partial charge in [-0.15, -0.1) is 0 Å². The van der Waals surface area contributed by atoms with E-state index in [4.69, 9.17) is 9.47 Å². The fourth-order valence-corrected chi connectivity index (χ4v) is 2.97. The highest BCUT2D eigenvalue weighted by molar-refractivity contribution is 6.01. The SMILES string of the molecule is Cc1cccc(NC(=O)COc2ccc(C=C(C#N)C(=O)N3CCOCC3)cc2)c1. The zero-order valence-corrected chi connectivity index (χ0v) is 16.8. The van der Waals surface area contributed by atoms with Crippen LogP contribution in [0.5, 0.6) is 5.75 Å². The average molecular weight is 405 g/mol. The second-order valence-electron chi connectivity index (χ2n) is 6.85. The summed E-state index contributed by atoms with van der Waals surface area (Å²) < 4.78 is 10.7. The summed E-state index contributed by atoms with van der Waals surface area (Å²) >= 11 is 0. The number of hydrogen-bond donors (Lipinski definition) is 1. The van der Waals surface area contributed by atoms with Crippen molar-refractivity contribution in [3.8, 4) is 11.8 Å². The molecule has 1 N–H and O–H groups in total. The molecule has 0 aliphatic carbocycles. The maximum absolute atomic E-state index is 12.5. The van der Waals surface area contributed by atoms with Gasteiger partial charge in [-0.3, -0.25) is 9.59 Å². The van der Waals surface area contributed by atoms with Gasteiger partial charge in [0.15, 0.2) is 6.61 Å². The summed E-state index contributed by atoms with van der Waals surface area (Å²) in [6.07, 6.45) is 1.55. The van der Waals surface area contributed by atoms with Crippen molar-refractivity contribution >= 4 is 23.6 Å². The summed E-state index contributed by atoms with van der Waals surface area (Å²) in [7, 11) is 0. The molecule has 1 aliphatic heterocycles. The minimum atomic E-state index is -0.297. The van der Waals surface area contributed by atoms with Crippen LogP contribution in [0, 0.1) is 18.3 Å². The molecule has 154 valence electrons. The van der Waals surface area contributed by atoms with Gasteiger partial charge in [0.2, 0.25) is 0 Å². The summed E-state index contributed by atoms with van der Waals surface area (Å²) in [4.78, 5) is 26.1. The second-order valence-corrected chi connectivity index (χ2v) is 6.85. The van der Waals surface area contributed by atoms with Crippen molar-refractivity contribution in [2.75, 3.05) is 38.2 Å².